The Morgan fingerprint density at radius 3 is 2.10 bits per heavy atom. The predicted octanol–water partition coefficient (Wildman–Crippen LogP) is 5.35. The van der Waals surface area contributed by atoms with Gasteiger partial charge < -0.3 is 15.0 Å². The summed E-state index contributed by atoms with van der Waals surface area (Å²) in [7, 11) is 0. The van der Waals surface area contributed by atoms with Crippen molar-refractivity contribution in [2.75, 3.05) is 39.3 Å². The van der Waals surface area contributed by atoms with Gasteiger partial charge in [0.1, 0.15) is 5.60 Å². The number of esters is 1. The van der Waals surface area contributed by atoms with Crippen LogP contribution < -0.4 is 5.32 Å². The molecule has 2 heterocycles. The molecule has 1 aromatic heterocycles. The van der Waals surface area contributed by atoms with Crippen molar-refractivity contribution < 1.29 is 14.3 Å². The monoisotopic (exact) mass is 554 g/mol. The molecule has 1 saturated heterocycles. The van der Waals surface area contributed by atoms with E-state index in [2.05, 4.69) is 80.8 Å². The molecule has 1 amide bonds. The highest BCUT2D eigenvalue weighted by atomic mass is 16.6. The number of piperazine rings is 1. The largest absolute Gasteiger partial charge is 0.456 e. The normalized spacial score (nSPS) is 14.8. The lowest BCUT2D eigenvalue weighted by Gasteiger charge is -2.39. The Labute approximate surface area is 244 Å². The molecule has 4 rings (SSSR count). The minimum absolute atomic E-state index is 0.149. The number of aromatic nitrogens is 1. The molecule has 1 N–H and O–H groups in total. The van der Waals surface area contributed by atoms with Crippen molar-refractivity contribution >= 4 is 18.0 Å². The summed E-state index contributed by atoms with van der Waals surface area (Å²) >= 11 is 0. The molecule has 41 heavy (non-hydrogen) atoms. The van der Waals surface area contributed by atoms with Gasteiger partial charge in [-0.3, -0.25) is 14.7 Å². The lowest BCUT2D eigenvalue weighted by molar-refractivity contribution is -0.116. The van der Waals surface area contributed by atoms with Crippen molar-refractivity contribution in [2.45, 2.75) is 45.3 Å². The number of rotatable bonds is 11. The molecule has 7 heteroatoms. The van der Waals surface area contributed by atoms with Gasteiger partial charge in [-0.25, -0.2) is 4.79 Å². The third-order valence-electron chi connectivity index (χ3n) is 7.03. The molecule has 1 fully saturated rings. The maximum atomic E-state index is 12.2. The van der Waals surface area contributed by atoms with E-state index < -0.39 is 11.6 Å². The van der Waals surface area contributed by atoms with Gasteiger partial charge in [-0.1, -0.05) is 60.7 Å². The Balaban J connectivity index is 1.14. The minimum Gasteiger partial charge on any atom is -0.456 e. The number of unbranched alkanes of at least 4 members (excludes halogenated alkanes) is 1. The van der Waals surface area contributed by atoms with Crippen LogP contribution in [0.3, 0.4) is 0 Å². The summed E-state index contributed by atoms with van der Waals surface area (Å²) in [5.41, 5.74) is 3.11. The van der Waals surface area contributed by atoms with Gasteiger partial charge in [0.25, 0.3) is 0 Å². The Bertz CT molecular complexity index is 1220. The molecule has 0 unspecified atom stereocenters. The van der Waals surface area contributed by atoms with Gasteiger partial charge >= 0.3 is 5.97 Å². The number of ether oxygens (including phenoxy) is 1. The first-order valence-corrected chi connectivity index (χ1v) is 14.5. The molecular weight excluding hydrogens is 512 g/mol. The predicted molar refractivity (Wildman–Crippen MR) is 163 cm³/mol. The van der Waals surface area contributed by atoms with Crippen molar-refractivity contribution in [1.82, 2.24) is 20.1 Å². The molecule has 3 aromatic rings. The Hall–Kier alpha value is -3.81. The number of pyridine rings is 1. The van der Waals surface area contributed by atoms with E-state index in [9.17, 15) is 9.59 Å². The summed E-state index contributed by atoms with van der Waals surface area (Å²) in [4.78, 5) is 33.7. The number of carbonyl (C=O) groups is 2. The highest BCUT2D eigenvalue weighted by Gasteiger charge is 2.26. The first-order valence-electron chi connectivity index (χ1n) is 14.5. The van der Waals surface area contributed by atoms with Gasteiger partial charge in [0.2, 0.25) is 5.91 Å². The molecule has 0 aliphatic carbocycles. The van der Waals surface area contributed by atoms with E-state index in [1.807, 2.05) is 20.8 Å². The van der Waals surface area contributed by atoms with Gasteiger partial charge in [0.05, 0.1) is 17.3 Å². The first-order chi connectivity index (χ1) is 19.8. The number of carbonyl (C=O) groups excluding carboxylic acids is 2. The molecule has 0 radical (unpaired) electrons. The van der Waals surface area contributed by atoms with Gasteiger partial charge in [0.15, 0.2) is 0 Å². The fourth-order valence-electron chi connectivity index (χ4n) is 4.98. The number of amides is 1. The van der Waals surface area contributed by atoms with E-state index in [0.29, 0.717) is 17.8 Å². The Morgan fingerprint density at radius 2 is 1.54 bits per heavy atom. The lowest BCUT2D eigenvalue weighted by Crippen LogP contribution is -2.48. The average Bonchev–Trinajstić information content (AvgIpc) is 2.97. The van der Waals surface area contributed by atoms with Crippen molar-refractivity contribution in [1.29, 1.82) is 0 Å². The fraction of sp³-hybridized carbons (Fsp3) is 0.382. The SMILES string of the molecule is CC(C)(C)OC(=O)c1ccc(/C=C/C(=O)NCCCCN2CCN(C(c3ccccc3)c3ccccc3)CC2)nc1. The molecule has 1 aliphatic heterocycles. The van der Waals surface area contributed by atoms with Gasteiger partial charge in [0, 0.05) is 45.0 Å². The third-order valence-corrected chi connectivity index (χ3v) is 7.03. The second-order valence-electron chi connectivity index (χ2n) is 11.4. The van der Waals surface area contributed by atoms with E-state index in [-0.39, 0.29) is 11.9 Å². The molecule has 2 aromatic carbocycles. The van der Waals surface area contributed by atoms with E-state index in [4.69, 9.17) is 4.74 Å². The number of nitrogens with one attached hydrogen (secondary N) is 1. The molecular formula is C34H42N4O3. The molecule has 0 bridgehead atoms. The Morgan fingerprint density at radius 1 is 0.902 bits per heavy atom. The van der Waals surface area contributed by atoms with Crippen LogP contribution in [0.5, 0.6) is 0 Å². The van der Waals surface area contributed by atoms with Crippen molar-refractivity contribution in [3.63, 3.8) is 0 Å². The van der Waals surface area contributed by atoms with Gasteiger partial charge in [-0.15, -0.1) is 0 Å². The molecule has 0 spiro atoms. The van der Waals surface area contributed by atoms with Crippen LogP contribution >= 0.6 is 0 Å². The van der Waals surface area contributed by atoms with Crippen LogP contribution in [0.2, 0.25) is 0 Å². The summed E-state index contributed by atoms with van der Waals surface area (Å²) < 4.78 is 5.35. The van der Waals surface area contributed by atoms with E-state index in [1.165, 1.54) is 23.4 Å². The second kappa shape index (κ2) is 14.7. The number of benzene rings is 2. The maximum Gasteiger partial charge on any atom is 0.340 e. The topological polar surface area (TPSA) is 74.8 Å². The maximum absolute atomic E-state index is 12.2. The van der Waals surface area contributed by atoms with Crippen LogP contribution in [0, 0.1) is 0 Å². The van der Waals surface area contributed by atoms with E-state index in [1.54, 1.807) is 18.2 Å². The van der Waals surface area contributed by atoms with Crippen LogP contribution in [-0.4, -0.2) is 71.5 Å². The smallest absolute Gasteiger partial charge is 0.340 e. The molecule has 0 atom stereocenters. The molecule has 0 saturated carbocycles. The standard InChI is InChI=1S/C34H42N4O3/c1-34(2,3)41-33(40)29-16-17-30(36-26-29)18-19-31(39)35-20-10-11-21-37-22-24-38(25-23-37)32(27-12-6-4-7-13-27)28-14-8-5-9-15-28/h4-9,12-19,26,32H,10-11,20-25H2,1-3H3,(H,35,39)/b19-18+. The number of nitrogens with zero attached hydrogens (tertiary/aromatic N) is 3. The van der Waals surface area contributed by atoms with Crippen LogP contribution in [0.25, 0.3) is 6.08 Å². The summed E-state index contributed by atoms with van der Waals surface area (Å²) in [5.74, 6) is -0.562. The zero-order valence-corrected chi connectivity index (χ0v) is 24.5. The number of hydrogen-bond acceptors (Lipinski definition) is 6. The zero-order valence-electron chi connectivity index (χ0n) is 24.5. The van der Waals surface area contributed by atoms with Crippen LogP contribution in [-0.2, 0) is 9.53 Å². The highest BCUT2D eigenvalue weighted by Crippen LogP contribution is 2.29. The van der Waals surface area contributed by atoms with E-state index >= 15 is 0 Å². The van der Waals surface area contributed by atoms with Gasteiger partial charge in [-0.2, -0.15) is 0 Å². The number of hydrogen-bond donors (Lipinski definition) is 1. The zero-order chi connectivity index (χ0) is 29.1. The summed E-state index contributed by atoms with van der Waals surface area (Å²) in [5, 5.41) is 2.95. The molecule has 7 nitrogen and oxygen atoms in total. The first kappa shape index (κ1) is 30.2. The van der Waals surface area contributed by atoms with Crippen LogP contribution in [0.4, 0.5) is 0 Å². The lowest BCUT2D eigenvalue weighted by atomic mass is 9.96. The minimum atomic E-state index is -0.558. The average molecular weight is 555 g/mol. The molecule has 216 valence electrons. The quantitative estimate of drug-likeness (QED) is 0.196. The van der Waals surface area contributed by atoms with Crippen LogP contribution in [0.15, 0.2) is 85.1 Å². The van der Waals surface area contributed by atoms with Gasteiger partial charge in [-0.05, 0) is 69.5 Å². The van der Waals surface area contributed by atoms with E-state index in [0.717, 1.165) is 45.6 Å². The third kappa shape index (κ3) is 9.66. The van der Waals surface area contributed by atoms with Crippen molar-refractivity contribution in [3.8, 4) is 0 Å². The Kier molecular flexibility index (Phi) is 10.8. The summed E-state index contributed by atoms with van der Waals surface area (Å²) in [6.07, 6.45) is 6.56. The van der Waals surface area contributed by atoms with Crippen molar-refractivity contribution in [2.24, 2.45) is 0 Å². The van der Waals surface area contributed by atoms with Crippen LogP contribution in [0.1, 0.15) is 66.8 Å². The molecule has 1 aliphatic rings. The summed E-state index contributed by atoms with van der Waals surface area (Å²) in [6.45, 7) is 11.3. The van der Waals surface area contributed by atoms with Crippen molar-refractivity contribution in [3.05, 3.63) is 107 Å². The fourth-order valence-corrected chi connectivity index (χ4v) is 4.98. The second-order valence-corrected chi connectivity index (χ2v) is 11.4. The summed E-state index contributed by atoms with van der Waals surface area (Å²) in [6, 6.07) is 25.2. The highest BCUT2D eigenvalue weighted by molar-refractivity contribution is 5.92.